The number of nitrogens with one attached hydrogen (secondary N) is 3. The largest absolute Gasteiger partial charge is 0.487 e. The Kier molecular flexibility index (Phi) is 6.81. The van der Waals surface area contributed by atoms with Crippen molar-refractivity contribution >= 4 is 46.7 Å². The predicted octanol–water partition coefficient (Wildman–Crippen LogP) is 6.76. The van der Waals surface area contributed by atoms with E-state index < -0.39 is 23.3 Å². The number of rotatable bonds is 3. The van der Waals surface area contributed by atoms with E-state index in [9.17, 15) is 9.59 Å². The molecule has 3 N–H and O–H groups in total. The minimum atomic E-state index is -0.614. The van der Waals surface area contributed by atoms with Gasteiger partial charge in [0.25, 0.3) is 0 Å². The van der Waals surface area contributed by atoms with Crippen molar-refractivity contribution in [1.29, 1.82) is 0 Å². The number of anilines is 2. The van der Waals surface area contributed by atoms with Gasteiger partial charge in [-0.3, -0.25) is 5.32 Å². The van der Waals surface area contributed by atoms with E-state index in [1.54, 1.807) is 57.2 Å². The summed E-state index contributed by atoms with van der Waals surface area (Å²) in [5.41, 5.74) is 0.653. The highest BCUT2D eigenvalue weighted by Crippen LogP contribution is 2.41. The van der Waals surface area contributed by atoms with Crippen LogP contribution in [0.25, 0.3) is 0 Å². The van der Waals surface area contributed by atoms with Gasteiger partial charge < -0.3 is 20.1 Å². The number of ether oxygens (including phenoxy) is 2. The number of urea groups is 1. The van der Waals surface area contributed by atoms with E-state index in [2.05, 4.69) is 16.0 Å². The topological polar surface area (TPSA) is 88.7 Å². The number of fused-ring (bicyclic) bond motifs is 1. The molecule has 0 aliphatic carbocycles. The quantitative estimate of drug-likeness (QED) is 0.453. The van der Waals surface area contributed by atoms with E-state index in [1.165, 1.54) is 0 Å². The molecule has 0 unspecified atom stereocenters. The normalized spacial score (nSPS) is 16.9. The lowest BCUT2D eigenvalue weighted by molar-refractivity contribution is 0.0631. The van der Waals surface area contributed by atoms with Gasteiger partial charge >= 0.3 is 12.1 Å². The maximum atomic E-state index is 12.7. The molecule has 0 aromatic heterocycles. The van der Waals surface area contributed by atoms with Gasteiger partial charge in [0.15, 0.2) is 0 Å². The summed E-state index contributed by atoms with van der Waals surface area (Å²) in [6.45, 7) is 9.28. The third kappa shape index (κ3) is 6.68. The Labute approximate surface area is 197 Å². The second kappa shape index (κ2) is 9.08. The molecule has 2 aromatic rings. The molecule has 0 bridgehead atoms. The number of amides is 3. The molecule has 0 spiro atoms. The van der Waals surface area contributed by atoms with Crippen molar-refractivity contribution < 1.29 is 19.1 Å². The maximum Gasteiger partial charge on any atom is 0.412 e. The van der Waals surface area contributed by atoms with Gasteiger partial charge in [0, 0.05) is 33.4 Å². The molecule has 0 saturated heterocycles. The summed E-state index contributed by atoms with van der Waals surface area (Å²) < 4.78 is 11.4. The Morgan fingerprint density at radius 3 is 2.31 bits per heavy atom. The molecule has 3 rings (SSSR count). The lowest BCUT2D eigenvalue weighted by atomic mass is 9.89. The zero-order valence-corrected chi connectivity index (χ0v) is 20.1. The summed E-state index contributed by atoms with van der Waals surface area (Å²) >= 11 is 12.0. The van der Waals surface area contributed by atoms with Crippen molar-refractivity contribution in [2.75, 3.05) is 10.6 Å². The zero-order chi connectivity index (χ0) is 23.7. The van der Waals surface area contributed by atoms with Crippen LogP contribution >= 0.6 is 23.2 Å². The number of hydrogen-bond acceptors (Lipinski definition) is 4. The Bertz CT molecular complexity index is 1010. The van der Waals surface area contributed by atoms with Crippen LogP contribution in [-0.2, 0) is 4.74 Å². The van der Waals surface area contributed by atoms with Crippen molar-refractivity contribution in [1.82, 2.24) is 5.32 Å². The van der Waals surface area contributed by atoms with Crippen LogP contribution in [0.3, 0.4) is 0 Å². The van der Waals surface area contributed by atoms with Crippen LogP contribution in [-0.4, -0.2) is 23.3 Å². The summed E-state index contributed by atoms with van der Waals surface area (Å²) in [4.78, 5) is 24.9. The van der Waals surface area contributed by atoms with Gasteiger partial charge in [-0.05, 0) is 71.0 Å². The zero-order valence-electron chi connectivity index (χ0n) is 18.6. The Hall–Kier alpha value is -2.64. The van der Waals surface area contributed by atoms with Crippen LogP contribution in [0.1, 0.15) is 52.6 Å². The smallest absolute Gasteiger partial charge is 0.412 e. The van der Waals surface area contributed by atoms with Crippen LogP contribution in [0.4, 0.5) is 21.0 Å². The van der Waals surface area contributed by atoms with Gasteiger partial charge in [0.2, 0.25) is 0 Å². The van der Waals surface area contributed by atoms with E-state index in [4.69, 9.17) is 32.7 Å². The first-order valence-corrected chi connectivity index (χ1v) is 10.9. The third-order valence-electron chi connectivity index (χ3n) is 4.54. The fraction of sp³-hybridized carbons (Fsp3) is 0.391. The molecule has 9 heteroatoms. The Morgan fingerprint density at radius 2 is 1.69 bits per heavy atom. The van der Waals surface area contributed by atoms with Gasteiger partial charge in [-0.1, -0.05) is 23.2 Å². The van der Waals surface area contributed by atoms with Gasteiger partial charge in [-0.15, -0.1) is 0 Å². The predicted molar refractivity (Wildman–Crippen MR) is 127 cm³/mol. The van der Waals surface area contributed by atoms with Gasteiger partial charge in [-0.25, -0.2) is 9.59 Å². The van der Waals surface area contributed by atoms with Crippen molar-refractivity contribution in [2.24, 2.45) is 0 Å². The number of carbonyl (C=O) groups excluding carboxylic acids is 2. The Balaban J connectivity index is 1.79. The first-order chi connectivity index (χ1) is 14.8. The second-order valence-electron chi connectivity index (χ2n) is 9.25. The monoisotopic (exact) mass is 479 g/mol. The van der Waals surface area contributed by atoms with E-state index in [-0.39, 0.29) is 6.04 Å². The number of carbonyl (C=O) groups is 2. The molecule has 0 radical (unpaired) electrons. The SMILES string of the molecule is CC(C)(C)OC(=O)Nc1ccc2c(c1)[C@@H](NC(=O)Nc1cc(Cl)cc(Cl)c1)CC(C)(C)O2. The maximum absolute atomic E-state index is 12.7. The minimum absolute atomic E-state index is 0.358. The summed E-state index contributed by atoms with van der Waals surface area (Å²) in [5, 5.41) is 9.29. The van der Waals surface area contributed by atoms with Crippen molar-refractivity contribution in [3.05, 3.63) is 52.0 Å². The van der Waals surface area contributed by atoms with Crippen molar-refractivity contribution in [3.63, 3.8) is 0 Å². The molecule has 1 atom stereocenters. The van der Waals surface area contributed by atoms with E-state index >= 15 is 0 Å². The molecule has 1 aliphatic heterocycles. The number of halogens is 2. The molecule has 0 saturated carbocycles. The molecule has 1 heterocycles. The highest BCUT2D eigenvalue weighted by Gasteiger charge is 2.35. The van der Waals surface area contributed by atoms with Crippen molar-refractivity contribution in [3.8, 4) is 5.75 Å². The highest BCUT2D eigenvalue weighted by atomic mass is 35.5. The van der Waals surface area contributed by atoms with E-state index in [1.807, 2.05) is 13.8 Å². The molecule has 2 aromatic carbocycles. The molecular weight excluding hydrogens is 453 g/mol. The highest BCUT2D eigenvalue weighted by molar-refractivity contribution is 6.35. The van der Waals surface area contributed by atoms with Gasteiger partial charge in [0.05, 0.1) is 6.04 Å². The van der Waals surface area contributed by atoms with Gasteiger partial charge in [0.1, 0.15) is 17.0 Å². The number of hydrogen-bond donors (Lipinski definition) is 3. The molecule has 7 nitrogen and oxygen atoms in total. The van der Waals surface area contributed by atoms with Crippen LogP contribution in [0.5, 0.6) is 5.75 Å². The van der Waals surface area contributed by atoms with Crippen molar-refractivity contribution in [2.45, 2.75) is 58.3 Å². The first kappa shape index (κ1) is 24.0. The Morgan fingerprint density at radius 1 is 1.03 bits per heavy atom. The summed E-state index contributed by atoms with van der Waals surface area (Å²) in [7, 11) is 0. The molecule has 0 fully saturated rings. The van der Waals surface area contributed by atoms with E-state index in [0.29, 0.717) is 33.6 Å². The summed E-state index contributed by atoms with van der Waals surface area (Å²) in [5.74, 6) is 0.632. The van der Waals surface area contributed by atoms with E-state index in [0.717, 1.165) is 5.56 Å². The third-order valence-corrected chi connectivity index (χ3v) is 4.97. The summed E-state index contributed by atoms with van der Waals surface area (Å²) in [6, 6.07) is 9.31. The average molecular weight is 480 g/mol. The first-order valence-electron chi connectivity index (χ1n) is 10.2. The summed E-state index contributed by atoms with van der Waals surface area (Å²) in [6.07, 6.45) is -0.0332. The lowest BCUT2D eigenvalue weighted by Crippen LogP contribution is -2.42. The fourth-order valence-corrected chi connectivity index (χ4v) is 3.96. The van der Waals surface area contributed by atoms with Gasteiger partial charge in [-0.2, -0.15) is 0 Å². The number of benzene rings is 2. The van der Waals surface area contributed by atoms with Crippen LogP contribution in [0, 0.1) is 0 Å². The molecule has 172 valence electrons. The minimum Gasteiger partial charge on any atom is -0.487 e. The van der Waals surface area contributed by atoms with Crippen LogP contribution in [0.2, 0.25) is 10.0 Å². The van der Waals surface area contributed by atoms with Crippen LogP contribution in [0.15, 0.2) is 36.4 Å². The molecule has 32 heavy (non-hydrogen) atoms. The lowest BCUT2D eigenvalue weighted by Gasteiger charge is -2.38. The van der Waals surface area contributed by atoms with Crippen LogP contribution < -0.4 is 20.7 Å². The molecule has 3 amide bonds. The molecular formula is C23H27Cl2N3O4. The fourth-order valence-electron chi connectivity index (χ4n) is 3.43. The average Bonchev–Trinajstić information content (AvgIpc) is 2.58. The molecule has 1 aliphatic rings. The second-order valence-corrected chi connectivity index (χ2v) is 10.1. The standard InChI is InChI=1S/C23H27Cl2N3O4/c1-22(2,3)32-21(30)27-15-6-7-19-17(11-15)18(12-23(4,5)31-19)28-20(29)26-16-9-13(24)8-14(25)10-16/h6-11,18H,12H2,1-5H3,(H,27,30)(H2,26,28,29)/t18-/m0/s1.